The highest BCUT2D eigenvalue weighted by molar-refractivity contribution is 6.30. The molecule has 0 radical (unpaired) electrons. The van der Waals surface area contributed by atoms with Crippen molar-refractivity contribution in [3.63, 3.8) is 0 Å². The lowest BCUT2D eigenvalue weighted by atomic mass is 10.1. The van der Waals surface area contributed by atoms with Gasteiger partial charge in [-0.25, -0.2) is 0 Å². The van der Waals surface area contributed by atoms with Gasteiger partial charge in [0.1, 0.15) is 5.75 Å². The SMILES string of the molecule is CC(CCl)(CCl)NCc1cc(Cl)cc2c1OCC2. The number of nitrogens with one attached hydrogen (secondary N) is 1. The average molecular weight is 309 g/mol. The zero-order valence-electron chi connectivity index (χ0n) is 10.2. The first kappa shape index (κ1) is 14.3. The van der Waals surface area contributed by atoms with Gasteiger partial charge in [-0.05, 0) is 24.6 Å². The van der Waals surface area contributed by atoms with Gasteiger partial charge in [-0.3, -0.25) is 0 Å². The lowest BCUT2D eigenvalue weighted by Gasteiger charge is -2.26. The van der Waals surface area contributed by atoms with E-state index in [9.17, 15) is 0 Å². The Balaban J connectivity index is 2.15. The van der Waals surface area contributed by atoms with Crippen LogP contribution in [0.25, 0.3) is 0 Å². The topological polar surface area (TPSA) is 21.3 Å². The van der Waals surface area contributed by atoms with Crippen molar-refractivity contribution < 1.29 is 4.74 Å². The van der Waals surface area contributed by atoms with E-state index in [-0.39, 0.29) is 5.54 Å². The summed E-state index contributed by atoms with van der Waals surface area (Å²) in [6, 6.07) is 3.90. The Morgan fingerprint density at radius 1 is 1.33 bits per heavy atom. The van der Waals surface area contributed by atoms with Crippen LogP contribution in [0.1, 0.15) is 18.1 Å². The quantitative estimate of drug-likeness (QED) is 0.839. The van der Waals surface area contributed by atoms with Gasteiger partial charge in [0.05, 0.1) is 6.61 Å². The molecule has 0 aromatic heterocycles. The van der Waals surface area contributed by atoms with Gasteiger partial charge in [0.2, 0.25) is 0 Å². The molecule has 0 bridgehead atoms. The summed E-state index contributed by atoms with van der Waals surface area (Å²) in [5.74, 6) is 1.87. The van der Waals surface area contributed by atoms with Gasteiger partial charge in [-0.2, -0.15) is 0 Å². The number of ether oxygens (including phenoxy) is 1. The molecule has 0 atom stereocenters. The summed E-state index contributed by atoms with van der Waals surface area (Å²) in [6.45, 7) is 3.38. The summed E-state index contributed by atoms with van der Waals surface area (Å²) < 4.78 is 5.65. The Morgan fingerprint density at radius 2 is 2.06 bits per heavy atom. The van der Waals surface area contributed by atoms with Gasteiger partial charge < -0.3 is 10.1 Å². The average Bonchev–Trinajstić information content (AvgIpc) is 2.83. The molecule has 0 saturated carbocycles. The minimum absolute atomic E-state index is 0.281. The maximum absolute atomic E-state index is 6.11. The molecule has 2 rings (SSSR count). The van der Waals surface area contributed by atoms with Gasteiger partial charge in [-0.1, -0.05) is 11.6 Å². The molecule has 0 fully saturated rings. The van der Waals surface area contributed by atoms with Crippen molar-refractivity contribution in [1.82, 2.24) is 5.32 Å². The van der Waals surface area contributed by atoms with Crippen LogP contribution < -0.4 is 10.1 Å². The van der Waals surface area contributed by atoms with Crippen LogP contribution in [0, 0.1) is 0 Å². The smallest absolute Gasteiger partial charge is 0.127 e. The first-order chi connectivity index (χ1) is 8.58. The summed E-state index contributed by atoms with van der Waals surface area (Å²) in [6.07, 6.45) is 0.922. The van der Waals surface area contributed by atoms with Crippen LogP contribution in [0.3, 0.4) is 0 Å². The first-order valence-corrected chi connectivity index (χ1v) is 7.34. The molecule has 0 unspecified atom stereocenters. The first-order valence-electron chi connectivity index (χ1n) is 5.89. The number of alkyl halides is 2. The van der Waals surface area contributed by atoms with Crippen LogP contribution in [0.2, 0.25) is 5.02 Å². The van der Waals surface area contributed by atoms with Crippen LogP contribution in [0.15, 0.2) is 12.1 Å². The molecule has 100 valence electrons. The van der Waals surface area contributed by atoms with E-state index in [1.165, 1.54) is 5.56 Å². The van der Waals surface area contributed by atoms with Crippen LogP contribution >= 0.6 is 34.8 Å². The van der Waals surface area contributed by atoms with Crippen molar-refractivity contribution in [1.29, 1.82) is 0 Å². The lowest BCUT2D eigenvalue weighted by molar-refractivity contribution is 0.349. The summed E-state index contributed by atoms with van der Waals surface area (Å²) in [7, 11) is 0. The van der Waals surface area contributed by atoms with E-state index in [1.54, 1.807) is 0 Å². The summed E-state index contributed by atoms with van der Waals surface area (Å²) in [5.41, 5.74) is 1.96. The predicted octanol–water partition coefficient (Wildman–Crippen LogP) is 3.60. The predicted molar refractivity (Wildman–Crippen MR) is 77.3 cm³/mol. The number of rotatable bonds is 5. The number of hydrogen-bond acceptors (Lipinski definition) is 2. The third kappa shape index (κ3) is 3.05. The third-order valence-electron chi connectivity index (χ3n) is 3.12. The second kappa shape index (κ2) is 5.87. The van der Waals surface area contributed by atoms with E-state index in [2.05, 4.69) is 5.32 Å². The van der Waals surface area contributed by atoms with Crippen molar-refractivity contribution in [3.8, 4) is 5.75 Å². The molecule has 2 nitrogen and oxygen atoms in total. The maximum Gasteiger partial charge on any atom is 0.127 e. The fourth-order valence-corrected chi connectivity index (χ4v) is 2.65. The van der Waals surface area contributed by atoms with Crippen LogP contribution in [0.5, 0.6) is 5.75 Å². The highest BCUT2D eigenvalue weighted by Gasteiger charge is 2.23. The Kier molecular flexibility index (Phi) is 4.65. The second-order valence-corrected chi connectivity index (χ2v) is 5.80. The molecule has 1 N–H and O–H groups in total. The van der Waals surface area contributed by atoms with Crippen molar-refractivity contribution in [3.05, 3.63) is 28.3 Å². The number of hydrogen-bond donors (Lipinski definition) is 1. The van der Waals surface area contributed by atoms with Gasteiger partial charge in [0.25, 0.3) is 0 Å². The Morgan fingerprint density at radius 3 is 2.72 bits per heavy atom. The van der Waals surface area contributed by atoms with E-state index in [4.69, 9.17) is 39.5 Å². The van der Waals surface area contributed by atoms with Crippen molar-refractivity contribution in [2.24, 2.45) is 0 Å². The zero-order valence-corrected chi connectivity index (χ0v) is 12.5. The fourth-order valence-electron chi connectivity index (χ4n) is 1.92. The molecular formula is C13H16Cl3NO. The molecule has 1 aromatic rings. The number of halogens is 3. The largest absolute Gasteiger partial charge is 0.493 e. The molecule has 1 heterocycles. The molecule has 0 saturated heterocycles. The van der Waals surface area contributed by atoms with E-state index < -0.39 is 0 Å². The zero-order chi connectivity index (χ0) is 13.2. The number of benzene rings is 1. The van der Waals surface area contributed by atoms with Crippen LogP contribution in [-0.2, 0) is 13.0 Å². The Bertz CT molecular complexity index is 432. The maximum atomic E-state index is 6.11. The number of fused-ring (bicyclic) bond motifs is 1. The van der Waals surface area contributed by atoms with Crippen LogP contribution in [0.4, 0.5) is 0 Å². The second-order valence-electron chi connectivity index (χ2n) is 4.83. The molecule has 0 aliphatic carbocycles. The molecule has 1 aliphatic heterocycles. The third-order valence-corrected chi connectivity index (χ3v) is 4.52. The van der Waals surface area contributed by atoms with Gasteiger partial charge in [-0.15, -0.1) is 23.2 Å². The van der Waals surface area contributed by atoms with Crippen molar-refractivity contribution in [2.75, 3.05) is 18.4 Å². The van der Waals surface area contributed by atoms with Crippen molar-refractivity contribution >= 4 is 34.8 Å². The summed E-state index contributed by atoms with van der Waals surface area (Å²) in [4.78, 5) is 0. The minimum atomic E-state index is -0.281. The van der Waals surface area contributed by atoms with Crippen LogP contribution in [-0.4, -0.2) is 23.9 Å². The highest BCUT2D eigenvalue weighted by atomic mass is 35.5. The molecule has 0 amide bonds. The molecule has 0 spiro atoms. The Hall–Kier alpha value is -0.150. The van der Waals surface area contributed by atoms with Gasteiger partial charge in [0, 0.05) is 40.9 Å². The summed E-state index contributed by atoms with van der Waals surface area (Å²) in [5, 5.41) is 4.11. The molecule has 1 aliphatic rings. The lowest BCUT2D eigenvalue weighted by Crippen LogP contribution is -2.45. The normalized spacial score (nSPS) is 14.4. The summed E-state index contributed by atoms with van der Waals surface area (Å²) >= 11 is 17.9. The van der Waals surface area contributed by atoms with Gasteiger partial charge >= 0.3 is 0 Å². The van der Waals surface area contributed by atoms with E-state index in [0.29, 0.717) is 18.3 Å². The minimum Gasteiger partial charge on any atom is -0.493 e. The van der Waals surface area contributed by atoms with E-state index >= 15 is 0 Å². The van der Waals surface area contributed by atoms with Crippen molar-refractivity contribution in [2.45, 2.75) is 25.4 Å². The monoisotopic (exact) mass is 307 g/mol. The van der Waals surface area contributed by atoms with Gasteiger partial charge in [0.15, 0.2) is 0 Å². The Labute approximate surface area is 123 Å². The van der Waals surface area contributed by atoms with E-state index in [0.717, 1.165) is 29.4 Å². The fraction of sp³-hybridized carbons (Fsp3) is 0.538. The highest BCUT2D eigenvalue weighted by Crippen LogP contribution is 2.33. The van der Waals surface area contributed by atoms with E-state index in [1.807, 2.05) is 19.1 Å². The molecular weight excluding hydrogens is 293 g/mol. The molecule has 1 aromatic carbocycles. The molecule has 5 heteroatoms. The molecule has 18 heavy (non-hydrogen) atoms. The standard InChI is InChI=1S/C13H16Cl3NO/c1-13(7-14,8-15)17-6-10-5-11(16)4-9-2-3-18-12(9)10/h4-5,17H,2-3,6-8H2,1H3.